The first-order chi connectivity index (χ1) is 13.1. The Hall–Kier alpha value is -3.32. The zero-order valence-corrected chi connectivity index (χ0v) is 14.9. The fourth-order valence-electron chi connectivity index (χ4n) is 2.27. The molecule has 1 aromatic heterocycles. The maximum atomic E-state index is 14.3. The van der Waals surface area contributed by atoms with Gasteiger partial charge >= 0.3 is 0 Å². The molecule has 5 nitrogen and oxygen atoms in total. The van der Waals surface area contributed by atoms with E-state index in [0.29, 0.717) is 11.5 Å². The lowest BCUT2D eigenvalue weighted by molar-refractivity contribution is -0.119. The summed E-state index contributed by atoms with van der Waals surface area (Å²) in [7, 11) is 0. The molecule has 0 spiro atoms. The van der Waals surface area contributed by atoms with Crippen LogP contribution in [0.3, 0.4) is 0 Å². The number of anilines is 1. The molecule has 0 saturated carbocycles. The zero-order valence-electron chi connectivity index (χ0n) is 14.1. The van der Waals surface area contributed by atoms with Crippen molar-refractivity contribution in [3.05, 3.63) is 84.4 Å². The molecule has 0 aliphatic carbocycles. The molecule has 0 saturated heterocycles. The third kappa shape index (κ3) is 5.58. The third-order valence-electron chi connectivity index (χ3n) is 3.48. The maximum absolute atomic E-state index is 14.3. The Bertz CT molecular complexity index is 936. The van der Waals surface area contributed by atoms with Crippen LogP contribution in [0.1, 0.15) is 5.56 Å². The van der Waals surface area contributed by atoms with Crippen LogP contribution in [0.25, 0.3) is 0 Å². The van der Waals surface area contributed by atoms with Crippen molar-refractivity contribution in [1.82, 2.24) is 10.3 Å². The van der Waals surface area contributed by atoms with Crippen LogP contribution in [-0.2, 0) is 11.2 Å². The minimum atomic E-state index is -0.565. The first-order valence-corrected chi connectivity index (χ1v) is 8.45. The summed E-state index contributed by atoms with van der Waals surface area (Å²) in [6.07, 6.45) is 4.34. The van der Waals surface area contributed by atoms with Gasteiger partial charge in [0.05, 0.1) is 18.3 Å². The summed E-state index contributed by atoms with van der Waals surface area (Å²) in [4.78, 5) is 15.8. The molecule has 0 atom stereocenters. The molecular formula is C20H15FN3O2S. The molecule has 0 aliphatic heterocycles. The number of carbonyl (C=O) groups excluding carboxylic acids is 1. The second kappa shape index (κ2) is 8.86. The van der Waals surface area contributed by atoms with E-state index in [1.54, 1.807) is 18.2 Å². The van der Waals surface area contributed by atoms with Crippen molar-refractivity contribution in [3.63, 3.8) is 0 Å². The van der Waals surface area contributed by atoms with Gasteiger partial charge < -0.3 is 15.4 Å². The van der Waals surface area contributed by atoms with Crippen LogP contribution in [0.15, 0.2) is 66.9 Å². The standard InChI is InChI=1S/C20H15FN3O2S/c21-17-13-16(26-15-8-10-22-11-9-15)6-7-18(17)23-20(27)24-19(25)12-14-4-2-1-3-5-14/h1-10,13H,12H2,(H2,23,24,25,27). The Kier molecular flexibility index (Phi) is 6.06. The Morgan fingerprint density at radius 3 is 2.67 bits per heavy atom. The zero-order chi connectivity index (χ0) is 19.1. The molecule has 27 heavy (non-hydrogen) atoms. The van der Waals surface area contributed by atoms with Gasteiger partial charge in [0.2, 0.25) is 5.91 Å². The highest BCUT2D eigenvalue weighted by Crippen LogP contribution is 2.25. The van der Waals surface area contributed by atoms with Gasteiger partial charge in [0.25, 0.3) is 0 Å². The van der Waals surface area contributed by atoms with E-state index in [1.165, 1.54) is 18.3 Å². The van der Waals surface area contributed by atoms with Crippen molar-refractivity contribution in [2.45, 2.75) is 6.42 Å². The van der Waals surface area contributed by atoms with E-state index >= 15 is 0 Å². The predicted octanol–water partition coefficient (Wildman–Crippen LogP) is 3.87. The van der Waals surface area contributed by atoms with Crippen molar-refractivity contribution in [2.75, 3.05) is 5.32 Å². The second-order valence-electron chi connectivity index (χ2n) is 5.53. The van der Waals surface area contributed by atoms with Crippen molar-refractivity contribution in [1.29, 1.82) is 0 Å². The third-order valence-corrected chi connectivity index (χ3v) is 3.68. The molecule has 0 unspecified atom stereocenters. The van der Waals surface area contributed by atoms with E-state index in [2.05, 4.69) is 21.8 Å². The number of carbonyl (C=O) groups is 1. The van der Waals surface area contributed by atoms with Gasteiger partial charge in [0.1, 0.15) is 17.3 Å². The van der Waals surface area contributed by atoms with E-state index in [1.807, 2.05) is 30.3 Å². The van der Waals surface area contributed by atoms with Crippen LogP contribution >= 0.6 is 12.2 Å². The van der Waals surface area contributed by atoms with Gasteiger partial charge in [-0.2, -0.15) is 0 Å². The van der Waals surface area contributed by atoms with E-state index in [9.17, 15) is 9.18 Å². The lowest BCUT2D eigenvalue weighted by atomic mass is 10.1. The van der Waals surface area contributed by atoms with Crippen LogP contribution in [0, 0.1) is 12.0 Å². The Labute approximate surface area is 161 Å². The summed E-state index contributed by atoms with van der Waals surface area (Å²) in [6, 6.07) is 16.7. The highest BCUT2D eigenvalue weighted by molar-refractivity contribution is 7.80. The fraction of sp³-hybridized carbons (Fsp3) is 0.0500. The lowest BCUT2D eigenvalue weighted by Crippen LogP contribution is -2.35. The molecule has 1 heterocycles. The minimum Gasteiger partial charge on any atom is -0.457 e. The highest BCUT2D eigenvalue weighted by Gasteiger charge is 2.10. The number of rotatable bonds is 5. The highest BCUT2D eigenvalue weighted by atomic mass is 32.1. The molecule has 2 aromatic carbocycles. The number of halogens is 1. The molecular weight excluding hydrogens is 365 g/mol. The number of hydrogen-bond acceptors (Lipinski definition) is 4. The van der Waals surface area contributed by atoms with Gasteiger partial charge in [-0.15, -0.1) is 0 Å². The van der Waals surface area contributed by atoms with Gasteiger partial charge in [0.15, 0.2) is 5.11 Å². The fourth-order valence-corrected chi connectivity index (χ4v) is 2.49. The molecule has 135 valence electrons. The molecule has 0 fully saturated rings. The number of nitrogens with zero attached hydrogens (tertiary/aromatic N) is 1. The maximum Gasteiger partial charge on any atom is 0.230 e. The summed E-state index contributed by atoms with van der Waals surface area (Å²) >= 11 is 5.07. The smallest absolute Gasteiger partial charge is 0.230 e. The Morgan fingerprint density at radius 1 is 1.15 bits per heavy atom. The molecule has 7 heteroatoms. The van der Waals surface area contributed by atoms with Crippen LogP contribution in [-0.4, -0.2) is 16.0 Å². The molecule has 3 aromatic rings. The average Bonchev–Trinajstić information content (AvgIpc) is 2.65. The van der Waals surface area contributed by atoms with Gasteiger partial charge in [-0.25, -0.2) is 4.39 Å². The lowest BCUT2D eigenvalue weighted by Gasteiger charge is -2.12. The van der Waals surface area contributed by atoms with Crippen LogP contribution < -0.4 is 15.4 Å². The monoisotopic (exact) mass is 380 g/mol. The van der Waals surface area contributed by atoms with E-state index in [-0.39, 0.29) is 23.1 Å². The van der Waals surface area contributed by atoms with Crippen molar-refractivity contribution in [3.8, 4) is 11.5 Å². The Balaban J connectivity index is 1.56. The predicted molar refractivity (Wildman–Crippen MR) is 104 cm³/mol. The number of aromatic nitrogens is 1. The second-order valence-corrected chi connectivity index (χ2v) is 5.94. The number of pyridine rings is 1. The number of benzene rings is 2. The number of amides is 1. The van der Waals surface area contributed by atoms with Gasteiger partial charge in [0, 0.05) is 18.3 Å². The molecule has 2 N–H and O–H groups in total. The SMILES string of the molecule is O=C(Cc1ccccc1)NC(=S)Nc1ccc(Oc2c[c]ncc2)cc1F. The summed E-state index contributed by atoms with van der Waals surface area (Å²) < 4.78 is 19.8. The van der Waals surface area contributed by atoms with E-state index in [4.69, 9.17) is 17.0 Å². The first-order valence-electron chi connectivity index (χ1n) is 8.04. The van der Waals surface area contributed by atoms with Crippen molar-refractivity contribution in [2.24, 2.45) is 0 Å². The van der Waals surface area contributed by atoms with Crippen molar-refractivity contribution >= 4 is 28.9 Å². The quantitative estimate of drug-likeness (QED) is 0.658. The average molecular weight is 380 g/mol. The molecule has 1 radical (unpaired) electrons. The minimum absolute atomic E-state index is 0.0206. The van der Waals surface area contributed by atoms with Crippen molar-refractivity contribution < 1.29 is 13.9 Å². The van der Waals surface area contributed by atoms with Crippen LogP contribution in [0.2, 0.25) is 0 Å². The molecule has 0 aliphatic rings. The van der Waals surface area contributed by atoms with Gasteiger partial charge in [-0.1, -0.05) is 30.3 Å². The molecule has 0 bridgehead atoms. The number of thiocarbonyl (C=S) groups is 1. The van der Waals surface area contributed by atoms with Gasteiger partial charge in [-0.3, -0.25) is 9.78 Å². The van der Waals surface area contributed by atoms with Crippen LogP contribution in [0.5, 0.6) is 11.5 Å². The summed E-state index contributed by atoms with van der Waals surface area (Å²) in [5.41, 5.74) is 0.993. The molecule has 3 rings (SSSR count). The van der Waals surface area contributed by atoms with E-state index in [0.717, 1.165) is 5.56 Å². The summed E-state index contributed by atoms with van der Waals surface area (Å²) in [5.74, 6) is -0.0383. The number of ether oxygens (including phenoxy) is 1. The normalized spacial score (nSPS) is 10.1. The largest absolute Gasteiger partial charge is 0.457 e. The Morgan fingerprint density at radius 2 is 1.96 bits per heavy atom. The van der Waals surface area contributed by atoms with Gasteiger partial charge in [-0.05, 0) is 36.0 Å². The summed E-state index contributed by atoms with van der Waals surface area (Å²) in [5, 5.41) is 5.22. The number of hydrogen-bond donors (Lipinski definition) is 2. The van der Waals surface area contributed by atoms with Crippen LogP contribution in [0.4, 0.5) is 10.1 Å². The first kappa shape index (κ1) is 18.5. The topological polar surface area (TPSA) is 63.2 Å². The van der Waals surface area contributed by atoms with E-state index < -0.39 is 5.82 Å². The summed E-state index contributed by atoms with van der Waals surface area (Å²) in [6.45, 7) is 0. The number of nitrogens with one attached hydrogen (secondary N) is 2. The molecule has 1 amide bonds.